The van der Waals surface area contributed by atoms with Gasteiger partial charge < -0.3 is 5.11 Å². The van der Waals surface area contributed by atoms with Gasteiger partial charge in [-0.15, -0.1) is 0 Å². The van der Waals surface area contributed by atoms with Crippen LogP contribution in [0.15, 0.2) is 103 Å². The van der Waals surface area contributed by atoms with Crippen LogP contribution in [0.5, 0.6) is 0 Å². The molecule has 3 nitrogen and oxygen atoms in total. The average Bonchev–Trinajstić information content (AvgIpc) is 2.83. The van der Waals surface area contributed by atoms with Crippen LogP contribution in [0.3, 0.4) is 0 Å². The molecule has 32 heavy (non-hydrogen) atoms. The van der Waals surface area contributed by atoms with Gasteiger partial charge in [0.1, 0.15) is 0 Å². The predicted octanol–water partition coefficient (Wildman–Crippen LogP) is 5.25. The highest BCUT2D eigenvalue weighted by molar-refractivity contribution is 8.14. The number of hydrogen-bond donors (Lipinski definition) is 1. The minimum atomic E-state index is -0.482. The van der Waals surface area contributed by atoms with Gasteiger partial charge in [-0.05, 0) is 28.7 Å². The Hall–Kier alpha value is -2.66. The molecule has 1 heterocycles. The van der Waals surface area contributed by atoms with Crippen LogP contribution in [0, 0.1) is 0 Å². The molecule has 1 aliphatic rings. The number of nitrogens with zero attached hydrogens (tertiary/aromatic N) is 1. The van der Waals surface area contributed by atoms with E-state index in [4.69, 9.17) is 0 Å². The summed E-state index contributed by atoms with van der Waals surface area (Å²) in [5.41, 5.74) is 4.26. The van der Waals surface area contributed by atoms with E-state index in [0.29, 0.717) is 6.54 Å². The average molecular weight is 444 g/mol. The molecule has 4 rings (SSSR count). The van der Waals surface area contributed by atoms with E-state index in [-0.39, 0.29) is 17.0 Å². The summed E-state index contributed by atoms with van der Waals surface area (Å²) < 4.78 is 0. The van der Waals surface area contributed by atoms with Gasteiger partial charge in [-0.2, -0.15) is 0 Å². The molecule has 1 saturated heterocycles. The predicted molar refractivity (Wildman–Crippen MR) is 133 cm³/mol. The quantitative estimate of drug-likeness (QED) is 0.417. The lowest BCUT2D eigenvalue weighted by atomic mass is 9.74. The number of aliphatic hydroxyl groups excluding tert-OH is 1. The third kappa shape index (κ3) is 4.44. The Labute approximate surface area is 194 Å². The fraction of sp³-hybridized carbons (Fsp3) is 0.250. The number of carbonyl (C=O) groups is 1. The second kappa shape index (κ2) is 10.3. The number of aliphatic hydroxyl groups is 1. The SMILES string of the molecule is CC(=O)SC1CCN(C(c2ccccc2)(c2ccccc2)c2ccccc2)C/C1=C/CO. The smallest absolute Gasteiger partial charge is 0.186 e. The van der Waals surface area contributed by atoms with Gasteiger partial charge in [0, 0.05) is 25.3 Å². The Kier molecular flexibility index (Phi) is 7.26. The van der Waals surface area contributed by atoms with Crippen LogP contribution in [0.2, 0.25) is 0 Å². The number of piperidine rings is 1. The number of rotatable bonds is 6. The molecule has 0 aliphatic carbocycles. The first-order chi connectivity index (χ1) is 15.7. The molecule has 1 fully saturated rings. The van der Waals surface area contributed by atoms with E-state index in [9.17, 15) is 9.90 Å². The van der Waals surface area contributed by atoms with Crippen molar-refractivity contribution >= 4 is 16.9 Å². The number of benzene rings is 3. The molecule has 0 aromatic heterocycles. The summed E-state index contributed by atoms with van der Waals surface area (Å²) in [7, 11) is 0. The summed E-state index contributed by atoms with van der Waals surface area (Å²) in [4.78, 5) is 14.4. The normalized spacial score (nSPS) is 18.6. The molecule has 4 heteroatoms. The minimum Gasteiger partial charge on any atom is -0.392 e. The zero-order valence-electron chi connectivity index (χ0n) is 18.4. The molecule has 3 aromatic rings. The van der Waals surface area contributed by atoms with Crippen LogP contribution in [0.1, 0.15) is 30.0 Å². The van der Waals surface area contributed by atoms with Gasteiger partial charge in [0.05, 0.1) is 12.1 Å². The van der Waals surface area contributed by atoms with Crippen LogP contribution in [-0.4, -0.2) is 40.1 Å². The first kappa shape index (κ1) is 22.5. The summed E-state index contributed by atoms with van der Waals surface area (Å²) in [6.07, 6.45) is 2.74. The molecular formula is C28H29NO2S. The number of likely N-dealkylation sites (tertiary alicyclic amines) is 1. The third-order valence-corrected chi connectivity index (χ3v) is 7.31. The first-order valence-corrected chi connectivity index (χ1v) is 11.9. The molecule has 164 valence electrons. The summed E-state index contributed by atoms with van der Waals surface area (Å²) in [5, 5.41) is 9.95. The highest BCUT2D eigenvalue weighted by Crippen LogP contribution is 2.45. The van der Waals surface area contributed by atoms with Gasteiger partial charge in [0.25, 0.3) is 0 Å². The first-order valence-electron chi connectivity index (χ1n) is 11.0. The van der Waals surface area contributed by atoms with Crippen LogP contribution in [0.25, 0.3) is 0 Å². The fourth-order valence-corrected chi connectivity index (χ4v) is 5.83. The molecule has 1 unspecified atom stereocenters. The number of hydrogen-bond acceptors (Lipinski definition) is 4. The maximum Gasteiger partial charge on any atom is 0.186 e. The van der Waals surface area contributed by atoms with Crippen molar-refractivity contribution in [3.63, 3.8) is 0 Å². The topological polar surface area (TPSA) is 40.5 Å². The maximum absolute atomic E-state index is 11.9. The lowest BCUT2D eigenvalue weighted by molar-refractivity contribution is -0.109. The molecule has 0 bridgehead atoms. The highest BCUT2D eigenvalue weighted by atomic mass is 32.2. The summed E-state index contributed by atoms with van der Waals surface area (Å²) >= 11 is 1.38. The summed E-state index contributed by atoms with van der Waals surface area (Å²) in [6.45, 7) is 3.12. The van der Waals surface area contributed by atoms with Crippen molar-refractivity contribution in [3.05, 3.63) is 119 Å². The molecule has 0 radical (unpaired) electrons. The Morgan fingerprint density at radius 1 is 0.938 bits per heavy atom. The molecule has 3 aromatic carbocycles. The molecule has 0 amide bonds. The van der Waals surface area contributed by atoms with E-state index < -0.39 is 5.54 Å². The monoisotopic (exact) mass is 443 g/mol. The van der Waals surface area contributed by atoms with E-state index in [2.05, 4.69) is 95.9 Å². The second-order valence-corrected chi connectivity index (χ2v) is 9.46. The van der Waals surface area contributed by atoms with Crippen molar-refractivity contribution in [2.45, 2.75) is 24.1 Å². The fourth-order valence-electron chi connectivity index (χ4n) is 4.88. The lowest BCUT2D eigenvalue weighted by Gasteiger charge is -2.49. The van der Waals surface area contributed by atoms with Gasteiger partial charge in [-0.3, -0.25) is 9.69 Å². The number of carbonyl (C=O) groups excluding carboxylic acids is 1. The van der Waals surface area contributed by atoms with Gasteiger partial charge in [-0.1, -0.05) is 109 Å². The van der Waals surface area contributed by atoms with Gasteiger partial charge in [0.15, 0.2) is 5.12 Å². The van der Waals surface area contributed by atoms with Crippen molar-refractivity contribution in [2.75, 3.05) is 19.7 Å². The van der Waals surface area contributed by atoms with Crippen molar-refractivity contribution in [1.29, 1.82) is 0 Å². The molecule has 0 spiro atoms. The Bertz CT molecular complexity index is 954. The molecule has 0 saturated carbocycles. The zero-order valence-corrected chi connectivity index (χ0v) is 19.2. The zero-order chi connectivity index (χ0) is 22.4. The second-order valence-electron chi connectivity index (χ2n) is 8.08. The third-order valence-electron chi connectivity index (χ3n) is 6.16. The lowest BCUT2D eigenvalue weighted by Crippen LogP contribution is -2.52. The van der Waals surface area contributed by atoms with E-state index >= 15 is 0 Å². The molecule has 1 aliphatic heterocycles. The largest absolute Gasteiger partial charge is 0.392 e. The molecule has 1 N–H and O–H groups in total. The molecule has 1 atom stereocenters. The summed E-state index contributed by atoms with van der Waals surface area (Å²) in [5.74, 6) is 0. The van der Waals surface area contributed by atoms with Crippen LogP contribution >= 0.6 is 11.8 Å². The number of thioether (sulfide) groups is 1. The van der Waals surface area contributed by atoms with Gasteiger partial charge in [0.2, 0.25) is 0 Å². The van der Waals surface area contributed by atoms with Gasteiger partial charge in [-0.25, -0.2) is 0 Å². The summed E-state index contributed by atoms with van der Waals surface area (Å²) in [6, 6.07) is 31.9. The van der Waals surface area contributed by atoms with E-state index in [1.807, 2.05) is 6.08 Å². The maximum atomic E-state index is 11.9. The van der Waals surface area contributed by atoms with Crippen molar-refractivity contribution in [2.24, 2.45) is 0 Å². The Morgan fingerprint density at radius 2 is 1.41 bits per heavy atom. The van der Waals surface area contributed by atoms with E-state index in [1.54, 1.807) is 6.92 Å². The van der Waals surface area contributed by atoms with Crippen LogP contribution < -0.4 is 0 Å². The standard InChI is InChI=1S/C28H29NO2S/c1-22(31)32-27-17-19-29(21-23(27)18-20-30)28(24-11-5-2-6-12-24,25-13-7-3-8-14-25)26-15-9-4-10-16-26/h2-16,18,27,30H,17,19-21H2,1H3/b23-18-. The van der Waals surface area contributed by atoms with E-state index in [0.717, 1.165) is 18.5 Å². The van der Waals surface area contributed by atoms with Crippen molar-refractivity contribution < 1.29 is 9.90 Å². The van der Waals surface area contributed by atoms with Gasteiger partial charge >= 0.3 is 0 Å². The van der Waals surface area contributed by atoms with Crippen molar-refractivity contribution in [1.82, 2.24) is 4.90 Å². The minimum absolute atomic E-state index is 0.0207. The van der Waals surface area contributed by atoms with Crippen molar-refractivity contribution in [3.8, 4) is 0 Å². The van der Waals surface area contributed by atoms with Crippen LogP contribution in [0.4, 0.5) is 0 Å². The Morgan fingerprint density at radius 3 is 1.81 bits per heavy atom. The van der Waals surface area contributed by atoms with Crippen LogP contribution in [-0.2, 0) is 10.3 Å². The van der Waals surface area contributed by atoms with E-state index in [1.165, 1.54) is 28.5 Å². The molecular weight excluding hydrogens is 414 g/mol. The highest BCUT2D eigenvalue weighted by Gasteiger charge is 2.44. The Balaban J connectivity index is 1.90.